The molecule has 2 aromatic rings. The summed E-state index contributed by atoms with van der Waals surface area (Å²) in [6.07, 6.45) is -9.60. The Kier molecular flexibility index (Phi) is 7.04. The van der Waals surface area contributed by atoms with E-state index < -0.39 is 58.4 Å². The van der Waals surface area contributed by atoms with Crippen molar-refractivity contribution in [3.63, 3.8) is 0 Å². The molecular weight excluding hydrogens is 462 g/mol. The molecule has 0 radical (unpaired) electrons. The fraction of sp³-hybridized carbons (Fsp3) is 0.312. The van der Waals surface area contributed by atoms with Gasteiger partial charge in [0.25, 0.3) is 10.0 Å². The molecule has 1 aromatic heterocycles. The number of hydrogen-bond acceptors (Lipinski definition) is 5. The van der Waals surface area contributed by atoms with Crippen molar-refractivity contribution in [2.45, 2.75) is 16.6 Å². The van der Waals surface area contributed by atoms with Gasteiger partial charge >= 0.3 is 12.4 Å². The minimum atomic E-state index is -4.83. The number of rotatable bonds is 7. The number of nitrogens with one attached hydrogen (secondary N) is 1. The van der Waals surface area contributed by atoms with Crippen LogP contribution in [0.15, 0.2) is 39.9 Å². The van der Waals surface area contributed by atoms with E-state index in [0.29, 0.717) is 22.5 Å². The molecule has 0 aliphatic rings. The van der Waals surface area contributed by atoms with Crippen LogP contribution in [0.1, 0.15) is 5.56 Å². The molecule has 1 aromatic carbocycles. The first-order valence-electron chi connectivity index (χ1n) is 7.90. The number of carbonyl (C=O) groups excluding carboxylic acids is 1. The summed E-state index contributed by atoms with van der Waals surface area (Å²) in [4.78, 5) is 12.2. The highest BCUT2D eigenvalue weighted by Gasteiger charge is 2.33. The molecule has 1 amide bonds. The number of likely N-dealkylation sites (N-methyl/N-ethyl adjacent to an activating group) is 1. The van der Waals surface area contributed by atoms with Crippen LogP contribution in [-0.2, 0) is 21.0 Å². The van der Waals surface area contributed by atoms with Crippen LogP contribution < -0.4 is 10.1 Å². The smallest absolute Gasteiger partial charge is 0.422 e. The molecule has 1 N–H and O–H groups in total. The number of anilines is 1. The lowest BCUT2D eigenvalue weighted by atomic mass is 10.1. The molecule has 2 rings (SSSR count). The Morgan fingerprint density at radius 3 is 2.37 bits per heavy atom. The van der Waals surface area contributed by atoms with Gasteiger partial charge in [-0.3, -0.25) is 4.79 Å². The fourth-order valence-corrected chi connectivity index (χ4v) is 4.46. The fourth-order valence-electron chi connectivity index (χ4n) is 2.13. The summed E-state index contributed by atoms with van der Waals surface area (Å²) in [6.45, 7) is -2.59. The normalized spacial score (nSPS) is 12.8. The molecule has 14 heteroatoms. The van der Waals surface area contributed by atoms with Gasteiger partial charge in [0, 0.05) is 7.05 Å². The van der Waals surface area contributed by atoms with Crippen molar-refractivity contribution in [1.82, 2.24) is 4.31 Å². The summed E-state index contributed by atoms with van der Waals surface area (Å²) in [5.41, 5.74) is -1.92. The van der Waals surface area contributed by atoms with E-state index in [1.54, 1.807) is 0 Å². The van der Waals surface area contributed by atoms with Crippen LogP contribution in [0.25, 0.3) is 0 Å². The van der Waals surface area contributed by atoms with Gasteiger partial charge in [-0.2, -0.15) is 30.6 Å². The zero-order valence-electron chi connectivity index (χ0n) is 15.0. The molecule has 0 aliphatic heterocycles. The maximum atomic E-state index is 12.9. The van der Waals surface area contributed by atoms with Crippen LogP contribution in [-0.4, -0.2) is 45.0 Å². The number of benzene rings is 1. The van der Waals surface area contributed by atoms with Gasteiger partial charge in [0.2, 0.25) is 5.91 Å². The van der Waals surface area contributed by atoms with Crippen LogP contribution in [0.4, 0.5) is 32.0 Å². The van der Waals surface area contributed by atoms with E-state index in [2.05, 4.69) is 4.74 Å². The number of alkyl halides is 6. The topological polar surface area (TPSA) is 75.7 Å². The van der Waals surface area contributed by atoms with Crippen molar-refractivity contribution < 1.29 is 44.3 Å². The van der Waals surface area contributed by atoms with Crippen molar-refractivity contribution in [3.8, 4) is 5.75 Å². The third kappa shape index (κ3) is 6.34. The SMILES string of the molecule is CN(CC(=O)Nc1cc(C(F)(F)F)ccc1OCC(F)(F)F)S(=O)(=O)c1cccs1. The molecule has 0 atom stereocenters. The molecule has 0 spiro atoms. The lowest BCUT2D eigenvalue weighted by Gasteiger charge is -2.18. The number of carbonyl (C=O) groups is 1. The molecule has 6 nitrogen and oxygen atoms in total. The van der Waals surface area contributed by atoms with Crippen molar-refractivity contribution in [1.29, 1.82) is 0 Å². The number of halogens is 6. The molecule has 30 heavy (non-hydrogen) atoms. The molecule has 166 valence electrons. The summed E-state index contributed by atoms with van der Waals surface area (Å²) >= 11 is 0.892. The lowest BCUT2D eigenvalue weighted by molar-refractivity contribution is -0.153. The van der Waals surface area contributed by atoms with E-state index >= 15 is 0 Å². The van der Waals surface area contributed by atoms with Crippen molar-refractivity contribution >= 4 is 33.0 Å². The molecule has 1 heterocycles. The Bertz CT molecular complexity index is 988. The molecule has 0 saturated carbocycles. The first-order chi connectivity index (χ1) is 13.7. The zero-order chi connectivity index (χ0) is 22.7. The lowest BCUT2D eigenvalue weighted by Crippen LogP contribution is -2.34. The van der Waals surface area contributed by atoms with E-state index in [4.69, 9.17) is 0 Å². The van der Waals surface area contributed by atoms with Crippen molar-refractivity contribution in [2.24, 2.45) is 0 Å². The monoisotopic (exact) mass is 476 g/mol. The van der Waals surface area contributed by atoms with Crippen LogP contribution >= 0.6 is 11.3 Å². The highest BCUT2D eigenvalue weighted by Crippen LogP contribution is 2.35. The van der Waals surface area contributed by atoms with Gasteiger partial charge < -0.3 is 10.1 Å². The van der Waals surface area contributed by atoms with Crippen molar-refractivity contribution in [2.75, 3.05) is 25.5 Å². The van der Waals surface area contributed by atoms with Crippen molar-refractivity contribution in [3.05, 3.63) is 41.3 Å². The first kappa shape index (κ1) is 24.0. The standard InChI is InChI=1S/C16H14F6N2O4S2/c1-24(30(26,27)14-3-2-6-29-14)8-13(25)23-11-7-10(16(20,21)22)4-5-12(11)28-9-15(17,18)19/h2-7H,8-9H2,1H3,(H,23,25). The molecule has 0 unspecified atom stereocenters. The van der Waals surface area contributed by atoms with E-state index in [1.165, 1.54) is 17.5 Å². The van der Waals surface area contributed by atoms with E-state index in [9.17, 15) is 39.6 Å². The quantitative estimate of drug-likeness (QED) is 0.614. The van der Waals surface area contributed by atoms with Crippen LogP contribution in [0.3, 0.4) is 0 Å². The Morgan fingerprint density at radius 2 is 1.83 bits per heavy atom. The molecule has 0 aliphatic carbocycles. The predicted octanol–water partition coefficient (Wildman–Crippen LogP) is 3.97. The second-order valence-electron chi connectivity index (χ2n) is 5.85. The Hall–Kier alpha value is -2.32. The summed E-state index contributed by atoms with van der Waals surface area (Å²) in [5, 5.41) is 3.47. The van der Waals surface area contributed by atoms with Gasteiger partial charge in [0.1, 0.15) is 9.96 Å². The number of amides is 1. The van der Waals surface area contributed by atoms with Gasteiger partial charge in [-0.15, -0.1) is 11.3 Å². The van der Waals surface area contributed by atoms with Gasteiger partial charge in [-0.05, 0) is 29.6 Å². The summed E-state index contributed by atoms with van der Waals surface area (Å²) in [5.74, 6) is -1.73. The van der Waals surface area contributed by atoms with Crippen LogP contribution in [0, 0.1) is 0 Å². The third-order valence-corrected chi connectivity index (χ3v) is 6.67. The van der Waals surface area contributed by atoms with E-state index in [-0.39, 0.29) is 4.21 Å². The number of thiophene rings is 1. The Balaban J connectivity index is 2.22. The first-order valence-corrected chi connectivity index (χ1v) is 10.2. The van der Waals surface area contributed by atoms with E-state index in [0.717, 1.165) is 18.4 Å². The molecule has 0 bridgehead atoms. The summed E-state index contributed by atoms with van der Waals surface area (Å²) in [7, 11) is -2.95. The number of ether oxygens (including phenoxy) is 1. The highest BCUT2D eigenvalue weighted by atomic mass is 32.2. The highest BCUT2D eigenvalue weighted by molar-refractivity contribution is 7.91. The Morgan fingerprint density at radius 1 is 1.17 bits per heavy atom. The number of hydrogen-bond donors (Lipinski definition) is 1. The van der Waals surface area contributed by atoms with Gasteiger partial charge in [-0.1, -0.05) is 6.07 Å². The van der Waals surface area contributed by atoms with Gasteiger partial charge in [-0.25, -0.2) is 8.42 Å². The minimum Gasteiger partial charge on any atom is -0.482 e. The van der Waals surface area contributed by atoms with E-state index in [1.807, 2.05) is 5.32 Å². The van der Waals surface area contributed by atoms with Crippen LogP contribution in [0.2, 0.25) is 0 Å². The van der Waals surface area contributed by atoms with Gasteiger partial charge in [0.05, 0.1) is 17.8 Å². The zero-order valence-corrected chi connectivity index (χ0v) is 16.7. The second kappa shape index (κ2) is 8.81. The maximum absolute atomic E-state index is 12.9. The maximum Gasteiger partial charge on any atom is 0.422 e. The largest absolute Gasteiger partial charge is 0.482 e. The third-order valence-electron chi connectivity index (χ3n) is 3.50. The second-order valence-corrected chi connectivity index (χ2v) is 9.07. The minimum absolute atomic E-state index is 0.0638. The molecule has 0 saturated heterocycles. The predicted molar refractivity (Wildman–Crippen MR) is 95.8 cm³/mol. The summed E-state index contributed by atoms with van der Waals surface area (Å²) < 4.78 is 106. The number of sulfonamides is 1. The summed E-state index contributed by atoms with van der Waals surface area (Å²) in [6, 6.07) is 4.30. The number of nitrogens with zero attached hydrogens (tertiary/aromatic N) is 1. The molecular formula is C16H14F6N2O4S2. The average molecular weight is 476 g/mol. The van der Waals surface area contributed by atoms with Gasteiger partial charge in [0.15, 0.2) is 6.61 Å². The average Bonchev–Trinajstić information content (AvgIpc) is 3.14. The molecule has 0 fully saturated rings. The Labute approximate surface area is 171 Å². The van der Waals surface area contributed by atoms with Crippen LogP contribution in [0.5, 0.6) is 5.75 Å².